The normalized spacial score (nSPS) is 12.5. The van der Waals surface area contributed by atoms with Gasteiger partial charge in [-0.3, -0.25) is 0 Å². The molecule has 0 aliphatic carbocycles. The molecule has 1 atom stereocenters. The lowest BCUT2D eigenvalue weighted by Gasteiger charge is -2.16. The minimum atomic E-state index is -0.824. The third-order valence-corrected chi connectivity index (χ3v) is 3.70. The summed E-state index contributed by atoms with van der Waals surface area (Å²) in [6, 6.07) is 10.2. The van der Waals surface area contributed by atoms with E-state index in [0.29, 0.717) is 5.56 Å². The predicted molar refractivity (Wildman–Crippen MR) is 74.1 cm³/mol. The first-order valence-corrected chi connectivity index (χ1v) is 6.48. The Morgan fingerprint density at radius 1 is 1.06 bits per heavy atom. The Morgan fingerprint density at radius 3 is 2.50 bits per heavy atom. The van der Waals surface area contributed by atoms with Gasteiger partial charge in [0, 0.05) is 4.47 Å². The molecule has 0 fully saturated rings. The van der Waals surface area contributed by atoms with Gasteiger partial charge >= 0.3 is 0 Å². The van der Waals surface area contributed by atoms with Crippen LogP contribution in [0.1, 0.15) is 28.4 Å². The van der Waals surface area contributed by atoms with Crippen LogP contribution in [0.15, 0.2) is 40.9 Å². The summed E-state index contributed by atoms with van der Waals surface area (Å²) < 4.78 is 14.1. The lowest BCUT2D eigenvalue weighted by molar-refractivity contribution is 0.218. The van der Waals surface area contributed by atoms with Gasteiger partial charge in [0.25, 0.3) is 0 Å². The van der Waals surface area contributed by atoms with E-state index in [4.69, 9.17) is 0 Å². The number of aliphatic hydroxyl groups excluding tert-OH is 1. The number of hydrogen-bond donors (Lipinski definition) is 1. The second-order valence-corrected chi connectivity index (χ2v) is 5.28. The molecule has 3 heteroatoms. The summed E-state index contributed by atoms with van der Waals surface area (Å²) >= 11 is 3.42. The van der Waals surface area contributed by atoms with Gasteiger partial charge < -0.3 is 5.11 Å². The summed E-state index contributed by atoms with van der Waals surface area (Å²) in [7, 11) is 0. The molecule has 0 aliphatic heterocycles. The van der Waals surface area contributed by atoms with Crippen LogP contribution in [0.4, 0.5) is 4.39 Å². The van der Waals surface area contributed by atoms with Crippen LogP contribution in [0.5, 0.6) is 0 Å². The molecule has 0 aromatic heterocycles. The summed E-state index contributed by atoms with van der Waals surface area (Å²) in [6.07, 6.45) is -0.824. The van der Waals surface area contributed by atoms with Gasteiger partial charge in [0.15, 0.2) is 0 Å². The number of hydrogen-bond acceptors (Lipinski definition) is 1. The summed E-state index contributed by atoms with van der Waals surface area (Å²) in [5, 5.41) is 10.4. The molecular weight excluding hydrogens is 295 g/mol. The Labute approximate surface area is 114 Å². The highest BCUT2D eigenvalue weighted by molar-refractivity contribution is 9.10. The van der Waals surface area contributed by atoms with Gasteiger partial charge in [0.05, 0.1) is 0 Å². The van der Waals surface area contributed by atoms with Crippen molar-refractivity contribution in [2.45, 2.75) is 20.0 Å². The van der Waals surface area contributed by atoms with Gasteiger partial charge in [-0.25, -0.2) is 4.39 Å². The number of halogens is 2. The smallest absolute Gasteiger partial charge is 0.123 e. The molecule has 18 heavy (non-hydrogen) atoms. The van der Waals surface area contributed by atoms with Crippen LogP contribution in [0.3, 0.4) is 0 Å². The zero-order chi connectivity index (χ0) is 13.3. The summed E-state index contributed by atoms with van der Waals surface area (Å²) in [6.45, 7) is 3.82. The quantitative estimate of drug-likeness (QED) is 0.877. The molecule has 0 saturated carbocycles. The first-order valence-electron chi connectivity index (χ1n) is 5.69. The minimum Gasteiger partial charge on any atom is -0.384 e. The largest absolute Gasteiger partial charge is 0.384 e. The minimum absolute atomic E-state index is 0.335. The van der Waals surface area contributed by atoms with E-state index in [0.717, 1.165) is 21.2 Å². The molecule has 0 aliphatic rings. The molecule has 0 spiro atoms. The molecule has 2 aromatic carbocycles. The van der Waals surface area contributed by atoms with Crippen molar-refractivity contribution in [1.29, 1.82) is 0 Å². The van der Waals surface area contributed by atoms with E-state index >= 15 is 0 Å². The number of aryl methyl sites for hydroxylation is 2. The molecule has 1 N–H and O–H groups in total. The highest BCUT2D eigenvalue weighted by Crippen LogP contribution is 2.31. The van der Waals surface area contributed by atoms with E-state index in [1.54, 1.807) is 6.07 Å². The van der Waals surface area contributed by atoms with Gasteiger partial charge in [-0.15, -0.1) is 0 Å². The molecule has 2 aromatic rings. The zero-order valence-electron chi connectivity index (χ0n) is 10.2. The van der Waals surface area contributed by atoms with Crippen molar-refractivity contribution in [2.24, 2.45) is 0 Å². The third kappa shape index (κ3) is 2.62. The second kappa shape index (κ2) is 5.21. The predicted octanol–water partition coefficient (Wildman–Crippen LogP) is 4.29. The summed E-state index contributed by atoms with van der Waals surface area (Å²) in [5.41, 5.74) is 3.28. The van der Waals surface area contributed by atoms with E-state index in [1.165, 1.54) is 12.1 Å². The maximum atomic E-state index is 13.3. The SMILES string of the molecule is Cc1ccc(Br)c(C(O)c2cc(F)ccc2C)c1. The maximum Gasteiger partial charge on any atom is 0.123 e. The topological polar surface area (TPSA) is 20.2 Å². The lowest BCUT2D eigenvalue weighted by atomic mass is 9.96. The monoisotopic (exact) mass is 308 g/mol. The van der Waals surface area contributed by atoms with E-state index in [9.17, 15) is 9.50 Å². The standard InChI is InChI=1S/C15H14BrFO/c1-9-3-6-14(16)13(7-9)15(18)12-8-11(17)5-4-10(12)2/h3-8,15,18H,1-2H3. The first kappa shape index (κ1) is 13.2. The van der Waals surface area contributed by atoms with E-state index in [1.807, 2.05) is 32.0 Å². The molecule has 0 saturated heterocycles. The van der Waals surface area contributed by atoms with Gasteiger partial charge in [0.1, 0.15) is 11.9 Å². The highest BCUT2D eigenvalue weighted by Gasteiger charge is 2.16. The van der Waals surface area contributed by atoms with Crippen molar-refractivity contribution in [1.82, 2.24) is 0 Å². The van der Waals surface area contributed by atoms with Gasteiger partial charge in [0.2, 0.25) is 0 Å². The van der Waals surface area contributed by atoms with Crippen LogP contribution in [-0.4, -0.2) is 5.11 Å². The van der Waals surface area contributed by atoms with Crippen molar-refractivity contribution in [2.75, 3.05) is 0 Å². The van der Waals surface area contributed by atoms with Crippen molar-refractivity contribution >= 4 is 15.9 Å². The van der Waals surface area contributed by atoms with Crippen molar-refractivity contribution < 1.29 is 9.50 Å². The van der Waals surface area contributed by atoms with Crippen molar-refractivity contribution in [3.05, 3.63) is 68.9 Å². The van der Waals surface area contributed by atoms with Crippen LogP contribution < -0.4 is 0 Å². The van der Waals surface area contributed by atoms with Gasteiger partial charge in [-0.05, 0) is 48.7 Å². The Balaban J connectivity index is 2.50. The highest BCUT2D eigenvalue weighted by atomic mass is 79.9. The Hall–Kier alpha value is -1.19. The first-order chi connectivity index (χ1) is 8.49. The van der Waals surface area contributed by atoms with Gasteiger partial charge in [-0.2, -0.15) is 0 Å². The molecule has 0 radical (unpaired) electrons. The molecule has 0 amide bonds. The zero-order valence-corrected chi connectivity index (χ0v) is 11.8. The number of aliphatic hydroxyl groups is 1. The fraction of sp³-hybridized carbons (Fsp3) is 0.200. The fourth-order valence-electron chi connectivity index (χ4n) is 1.95. The molecule has 1 nitrogen and oxygen atoms in total. The molecular formula is C15H14BrFO. The molecule has 1 unspecified atom stereocenters. The molecule has 2 rings (SSSR count). The Morgan fingerprint density at radius 2 is 1.78 bits per heavy atom. The Bertz CT molecular complexity index is 529. The van der Waals surface area contributed by atoms with Crippen LogP contribution in [0.25, 0.3) is 0 Å². The molecule has 0 heterocycles. The lowest BCUT2D eigenvalue weighted by Crippen LogP contribution is -2.04. The molecule has 0 bridgehead atoms. The second-order valence-electron chi connectivity index (χ2n) is 4.43. The summed E-state index contributed by atoms with van der Waals surface area (Å²) in [4.78, 5) is 0. The van der Waals surface area contributed by atoms with Crippen molar-refractivity contribution in [3.8, 4) is 0 Å². The average Bonchev–Trinajstić information content (AvgIpc) is 2.34. The van der Waals surface area contributed by atoms with E-state index in [2.05, 4.69) is 15.9 Å². The van der Waals surface area contributed by atoms with Gasteiger partial charge in [-0.1, -0.05) is 39.7 Å². The fourth-order valence-corrected chi connectivity index (χ4v) is 2.41. The van der Waals surface area contributed by atoms with Crippen LogP contribution in [0, 0.1) is 19.7 Å². The summed E-state index contributed by atoms with van der Waals surface area (Å²) in [5.74, 6) is -0.335. The van der Waals surface area contributed by atoms with Crippen molar-refractivity contribution in [3.63, 3.8) is 0 Å². The van der Waals surface area contributed by atoms with Crippen LogP contribution >= 0.6 is 15.9 Å². The van der Waals surface area contributed by atoms with E-state index in [-0.39, 0.29) is 5.82 Å². The average molecular weight is 309 g/mol. The van der Waals surface area contributed by atoms with Crippen LogP contribution in [0.2, 0.25) is 0 Å². The van der Waals surface area contributed by atoms with Crippen LogP contribution in [-0.2, 0) is 0 Å². The number of benzene rings is 2. The Kier molecular flexibility index (Phi) is 3.83. The van der Waals surface area contributed by atoms with E-state index < -0.39 is 6.10 Å². The maximum absolute atomic E-state index is 13.3. The number of rotatable bonds is 2. The molecule has 94 valence electrons. The third-order valence-electron chi connectivity index (χ3n) is 2.98.